The number of carbonyl (C=O) groups is 2. The predicted molar refractivity (Wildman–Crippen MR) is 234 cm³/mol. The van der Waals surface area contributed by atoms with E-state index in [1.54, 1.807) is 98.8 Å². The van der Waals surface area contributed by atoms with Crippen molar-refractivity contribution in [1.29, 1.82) is 0 Å². The molecule has 2 atom stereocenters. The quantitative estimate of drug-likeness (QED) is 0.0344. The van der Waals surface area contributed by atoms with Crippen LogP contribution in [0.25, 0.3) is 22.1 Å². The summed E-state index contributed by atoms with van der Waals surface area (Å²) in [6.07, 6.45) is 1.50. The Hall–Kier alpha value is -6.78. The molecule has 2 heterocycles. The van der Waals surface area contributed by atoms with Gasteiger partial charge >= 0.3 is 11.9 Å². The topological polar surface area (TPSA) is 184 Å². The van der Waals surface area contributed by atoms with Gasteiger partial charge in [-0.05, 0) is 126 Å². The van der Waals surface area contributed by atoms with E-state index in [-0.39, 0.29) is 26.4 Å². The molecule has 4 aromatic carbocycles. The van der Waals surface area contributed by atoms with E-state index in [2.05, 4.69) is 30.2 Å². The van der Waals surface area contributed by atoms with Gasteiger partial charge in [0.15, 0.2) is 25.4 Å². The minimum absolute atomic E-state index is 0.0924. The van der Waals surface area contributed by atoms with Crippen molar-refractivity contribution in [2.45, 2.75) is 53.8 Å². The highest BCUT2D eigenvalue weighted by Gasteiger charge is 2.18. The monoisotopic (exact) mass is 886 g/mol. The lowest BCUT2D eigenvalue weighted by molar-refractivity contribution is -0.153. The molecular formula is C44H44Cl2N6O10. The Labute approximate surface area is 367 Å². The van der Waals surface area contributed by atoms with E-state index < -0.39 is 24.1 Å². The number of hydrogen-bond donors (Lipinski definition) is 0. The molecule has 0 aliphatic heterocycles. The van der Waals surface area contributed by atoms with Gasteiger partial charge < -0.3 is 38.1 Å². The van der Waals surface area contributed by atoms with Crippen LogP contribution in [0.15, 0.2) is 108 Å². The molecule has 0 amide bonds. The number of halogens is 2. The molecule has 62 heavy (non-hydrogen) atoms. The first-order valence-electron chi connectivity index (χ1n) is 19.1. The molecule has 6 aromatic rings. The number of oxime groups is 2. The summed E-state index contributed by atoms with van der Waals surface area (Å²) in [5.41, 5.74) is 4.29. The number of fused-ring (bicyclic) bond motifs is 2. The fourth-order valence-electron chi connectivity index (χ4n) is 4.89. The van der Waals surface area contributed by atoms with Crippen LogP contribution < -0.4 is 18.9 Å². The average molecular weight is 888 g/mol. The Kier molecular flexibility index (Phi) is 17.4. The smallest absolute Gasteiger partial charge is 0.347 e. The van der Waals surface area contributed by atoms with Crippen LogP contribution in [-0.2, 0) is 28.7 Å². The van der Waals surface area contributed by atoms with Crippen LogP contribution in [0.4, 0.5) is 0 Å². The zero-order valence-electron chi connectivity index (χ0n) is 34.7. The third-order valence-electron chi connectivity index (χ3n) is 7.68. The summed E-state index contributed by atoms with van der Waals surface area (Å²) in [6.45, 7) is 11.0. The van der Waals surface area contributed by atoms with E-state index in [1.807, 2.05) is 27.7 Å². The maximum atomic E-state index is 12.0. The van der Waals surface area contributed by atoms with Crippen molar-refractivity contribution in [3.05, 3.63) is 107 Å². The van der Waals surface area contributed by atoms with Crippen LogP contribution in [0.2, 0.25) is 10.0 Å². The Bertz CT molecular complexity index is 2310. The molecule has 0 saturated carbocycles. The molecule has 0 bridgehead atoms. The molecule has 0 saturated heterocycles. The lowest BCUT2D eigenvalue weighted by atomic mass is 10.3. The highest BCUT2D eigenvalue weighted by atomic mass is 35.5. The third-order valence-corrected chi connectivity index (χ3v) is 8.15. The van der Waals surface area contributed by atoms with E-state index in [0.29, 0.717) is 66.9 Å². The Morgan fingerprint density at radius 2 is 0.903 bits per heavy atom. The fourth-order valence-corrected chi connectivity index (χ4v) is 5.23. The van der Waals surface area contributed by atoms with Crippen molar-refractivity contribution >= 4 is 68.6 Å². The lowest BCUT2D eigenvalue weighted by Crippen LogP contribution is -2.27. The normalized spacial score (nSPS) is 11.5. The third kappa shape index (κ3) is 15.4. The molecule has 0 fully saturated rings. The number of benzene rings is 4. The average Bonchev–Trinajstić information content (AvgIpc) is 3.24. The molecule has 0 aliphatic carbocycles. The van der Waals surface area contributed by atoms with Crippen LogP contribution in [0.5, 0.6) is 34.8 Å². The van der Waals surface area contributed by atoms with Crippen molar-refractivity contribution in [3.63, 3.8) is 0 Å². The number of aromatic nitrogens is 4. The Morgan fingerprint density at radius 3 is 1.27 bits per heavy atom. The van der Waals surface area contributed by atoms with Gasteiger partial charge in [0.05, 0.1) is 45.9 Å². The van der Waals surface area contributed by atoms with Crippen molar-refractivity contribution in [2.24, 2.45) is 10.3 Å². The predicted octanol–water partition coefficient (Wildman–Crippen LogP) is 9.60. The Balaban J connectivity index is 0.000000234. The van der Waals surface area contributed by atoms with Gasteiger partial charge in [-0.3, -0.25) is 0 Å². The summed E-state index contributed by atoms with van der Waals surface area (Å²) in [5.74, 6) is 1.82. The molecule has 6 rings (SSSR count). The minimum Gasteiger partial charge on any atom is -0.479 e. The zero-order valence-corrected chi connectivity index (χ0v) is 36.3. The summed E-state index contributed by atoms with van der Waals surface area (Å²) in [6, 6.07) is 24.1. The van der Waals surface area contributed by atoms with Crippen molar-refractivity contribution in [3.8, 4) is 34.8 Å². The second-order valence-corrected chi connectivity index (χ2v) is 14.3. The molecule has 0 N–H and O–H groups in total. The summed E-state index contributed by atoms with van der Waals surface area (Å²) in [7, 11) is 0. The summed E-state index contributed by atoms with van der Waals surface area (Å²) in [4.78, 5) is 51.3. The molecule has 0 radical (unpaired) electrons. The highest BCUT2D eigenvalue weighted by Crippen LogP contribution is 2.27. The number of rotatable bonds is 18. The van der Waals surface area contributed by atoms with Gasteiger partial charge in [-0.2, -0.15) is 0 Å². The minimum atomic E-state index is -0.777. The van der Waals surface area contributed by atoms with Crippen molar-refractivity contribution < 1.29 is 47.7 Å². The first-order chi connectivity index (χ1) is 29.8. The molecule has 16 nitrogen and oxygen atoms in total. The second kappa shape index (κ2) is 23.3. The van der Waals surface area contributed by atoms with Gasteiger partial charge in [0, 0.05) is 10.0 Å². The molecule has 2 aromatic heterocycles. The van der Waals surface area contributed by atoms with Crippen LogP contribution in [-0.4, -0.2) is 81.9 Å². The number of ether oxygens (including phenoxy) is 6. The molecular weight excluding hydrogens is 843 g/mol. The van der Waals surface area contributed by atoms with E-state index in [0.717, 1.165) is 11.4 Å². The van der Waals surface area contributed by atoms with E-state index in [9.17, 15) is 9.59 Å². The van der Waals surface area contributed by atoms with Gasteiger partial charge in [0.1, 0.15) is 36.2 Å². The Morgan fingerprint density at radius 1 is 0.532 bits per heavy atom. The van der Waals surface area contributed by atoms with Crippen LogP contribution >= 0.6 is 23.2 Å². The second-order valence-electron chi connectivity index (χ2n) is 13.4. The first kappa shape index (κ1) is 46.3. The molecule has 0 aliphatic rings. The van der Waals surface area contributed by atoms with E-state index in [1.165, 1.54) is 12.4 Å². The molecule has 0 spiro atoms. The standard InChI is InChI=1S/2C22H22ClN3O5/c2*1-14(2)26-29-11-10-28-22(27)15(3)30-17-5-7-18(8-6-17)31-21-13-24-20-12-16(23)4-9-19(20)25-21/h2*4-9,12-13,15H,10-11H2,1-3H3/t15-;/m1./s1. The van der Waals surface area contributed by atoms with Crippen LogP contribution in [0.3, 0.4) is 0 Å². The maximum absolute atomic E-state index is 12.0. The number of nitrogens with zero attached hydrogens (tertiary/aromatic N) is 6. The highest BCUT2D eigenvalue weighted by molar-refractivity contribution is 6.31. The summed E-state index contributed by atoms with van der Waals surface area (Å²) < 4.78 is 32.9. The fraction of sp³-hybridized carbons (Fsp3) is 0.273. The van der Waals surface area contributed by atoms with Crippen molar-refractivity contribution in [1.82, 2.24) is 19.9 Å². The summed E-state index contributed by atoms with van der Waals surface area (Å²) in [5, 5.41) is 8.71. The summed E-state index contributed by atoms with van der Waals surface area (Å²) >= 11 is 11.9. The SMILES string of the molecule is CC(C)=NOCCOC(=O)C(C)Oc1ccc(Oc2cnc3cc(Cl)ccc3n2)cc1.CC(C)=NOCCOC(=O)[C@@H](C)Oc1ccc(Oc2cnc3cc(Cl)ccc3n2)cc1. The maximum Gasteiger partial charge on any atom is 0.347 e. The van der Waals surface area contributed by atoms with Gasteiger partial charge in [-0.15, -0.1) is 0 Å². The van der Waals surface area contributed by atoms with Crippen molar-refractivity contribution in [2.75, 3.05) is 26.4 Å². The molecule has 1 unspecified atom stereocenters. The van der Waals surface area contributed by atoms with Gasteiger partial charge in [-0.1, -0.05) is 33.5 Å². The largest absolute Gasteiger partial charge is 0.479 e. The van der Waals surface area contributed by atoms with Gasteiger partial charge in [-0.25, -0.2) is 29.5 Å². The lowest BCUT2D eigenvalue weighted by Gasteiger charge is -2.14. The van der Waals surface area contributed by atoms with E-state index >= 15 is 0 Å². The van der Waals surface area contributed by atoms with Crippen LogP contribution in [0, 0.1) is 0 Å². The first-order valence-corrected chi connectivity index (χ1v) is 19.9. The number of esters is 2. The van der Waals surface area contributed by atoms with E-state index in [4.69, 9.17) is 61.3 Å². The number of carbonyl (C=O) groups excluding carboxylic acids is 2. The zero-order chi connectivity index (χ0) is 44.4. The van der Waals surface area contributed by atoms with Crippen LogP contribution in [0.1, 0.15) is 41.5 Å². The molecule has 324 valence electrons. The van der Waals surface area contributed by atoms with Gasteiger partial charge in [0.2, 0.25) is 11.8 Å². The van der Waals surface area contributed by atoms with Gasteiger partial charge in [0.25, 0.3) is 0 Å². The number of hydrogen-bond acceptors (Lipinski definition) is 16. The molecule has 18 heteroatoms.